The molecule has 1 aliphatic rings. The Morgan fingerprint density at radius 3 is 3.00 bits per heavy atom. The fourth-order valence-electron chi connectivity index (χ4n) is 2.72. The van der Waals surface area contributed by atoms with E-state index < -0.39 is 0 Å². The van der Waals surface area contributed by atoms with Gasteiger partial charge in [-0.25, -0.2) is 4.98 Å². The maximum Gasteiger partial charge on any atom is 0.272 e. The SMILES string of the molecule is Cn1cnnc1C1CCCN(C(=O)c2cccc(Cl)n2)C1. The topological polar surface area (TPSA) is 63.9 Å². The van der Waals surface area contributed by atoms with Gasteiger partial charge in [0.15, 0.2) is 0 Å². The molecule has 0 saturated carbocycles. The van der Waals surface area contributed by atoms with Crippen LogP contribution >= 0.6 is 11.6 Å². The second kappa shape index (κ2) is 5.81. The van der Waals surface area contributed by atoms with E-state index >= 15 is 0 Å². The molecule has 7 heteroatoms. The molecule has 1 aliphatic heterocycles. The van der Waals surface area contributed by atoms with E-state index in [4.69, 9.17) is 11.6 Å². The lowest BCUT2D eigenvalue weighted by Crippen LogP contribution is -2.40. The summed E-state index contributed by atoms with van der Waals surface area (Å²) >= 11 is 5.86. The number of carbonyl (C=O) groups excluding carboxylic acids is 1. The first kappa shape index (κ1) is 14.0. The zero-order valence-corrected chi connectivity index (χ0v) is 12.5. The standard InChI is InChI=1S/C14H16ClN5O/c1-19-9-16-18-13(19)10-4-3-7-20(8-10)14(21)11-5-2-6-12(15)17-11/h2,5-6,9-10H,3-4,7-8H2,1H3. The van der Waals surface area contributed by atoms with E-state index in [1.807, 2.05) is 16.5 Å². The van der Waals surface area contributed by atoms with Crippen molar-refractivity contribution in [2.45, 2.75) is 18.8 Å². The number of hydrogen-bond acceptors (Lipinski definition) is 4. The van der Waals surface area contributed by atoms with Crippen LogP contribution in [-0.4, -0.2) is 43.6 Å². The van der Waals surface area contributed by atoms with E-state index in [9.17, 15) is 4.79 Å². The number of halogens is 1. The van der Waals surface area contributed by atoms with Gasteiger partial charge < -0.3 is 9.47 Å². The highest BCUT2D eigenvalue weighted by atomic mass is 35.5. The molecule has 0 radical (unpaired) electrons. The molecule has 1 atom stereocenters. The Morgan fingerprint density at radius 2 is 2.29 bits per heavy atom. The molecule has 1 saturated heterocycles. The minimum Gasteiger partial charge on any atom is -0.337 e. The van der Waals surface area contributed by atoms with Crippen molar-refractivity contribution in [2.75, 3.05) is 13.1 Å². The summed E-state index contributed by atoms with van der Waals surface area (Å²) < 4.78 is 1.91. The molecule has 0 spiro atoms. The number of piperidine rings is 1. The summed E-state index contributed by atoms with van der Waals surface area (Å²) in [5, 5.41) is 8.41. The van der Waals surface area contributed by atoms with Gasteiger partial charge in [0, 0.05) is 26.1 Å². The monoisotopic (exact) mass is 305 g/mol. The minimum absolute atomic E-state index is 0.0793. The van der Waals surface area contributed by atoms with Crippen LogP contribution in [0.4, 0.5) is 0 Å². The van der Waals surface area contributed by atoms with Gasteiger partial charge >= 0.3 is 0 Å². The van der Waals surface area contributed by atoms with E-state index in [0.29, 0.717) is 17.4 Å². The summed E-state index contributed by atoms with van der Waals surface area (Å²) in [6.07, 6.45) is 3.65. The zero-order chi connectivity index (χ0) is 14.8. The normalized spacial score (nSPS) is 18.8. The number of aromatic nitrogens is 4. The number of carbonyl (C=O) groups is 1. The Kier molecular flexibility index (Phi) is 3.88. The first-order valence-electron chi connectivity index (χ1n) is 6.91. The van der Waals surface area contributed by atoms with E-state index in [2.05, 4.69) is 15.2 Å². The van der Waals surface area contributed by atoms with Crippen LogP contribution in [0.15, 0.2) is 24.5 Å². The summed E-state index contributed by atoms with van der Waals surface area (Å²) in [6.45, 7) is 1.38. The number of aryl methyl sites for hydroxylation is 1. The van der Waals surface area contributed by atoms with Gasteiger partial charge in [0.05, 0.1) is 0 Å². The Labute approximate surface area is 127 Å². The van der Waals surface area contributed by atoms with Crippen LogP contribution in [0, 0.1) is 0 Å². The maximum absolute atomic E-state index is 12.5. The lowest BCUT2D eigenvalue weighted by Gasteiger charge is -2.32. The Bertz CT molecular complexity index is 656. The summed E-state index contributed by atoms with van der Waals surface area (Å²) in [5.41, 5.74) is 0.390. The van der Waals surface area contributed by atoms with Gasteiger partial charge in [-0.15, -0.1) is 10.2 Å². The Hall–Kier alpha value is -1.95. The van der Waals surface area contributed by atoms with Crippen molar-refractivity contribution in [3.63, 3.8) is 0 Å². The molecule has 21 heavy (non-hydrogen) atoms. The molecule has 3 rings (SSSR count). The molecule has 0 N–H and O–H groups in total. The molecule has 2 aromatic heterocycles. The lowest BCUT2D eigenvalue weighted by atomic mass is 9.97. The van der Waals surface area contributed by atoms with Crippen LogP contribution < -0.4 is 0 Å². The van der Waals surface area contributed by atoms with Gasteiger partial charge in [-0.2, -0.15) is 0 Å². The maximum atomic E-state index is 12.5. The van der Waals surface area contributed by atoms with Crippen LogP contribution in [0.2, 0.25) is 5.15 Å². The van der Waals surface area contributed by atoms with Gasteiger partial charge in [0.2, 0.25) is 0 Å². The summed E-state index contributed by atoms with van der Waals surface area (Å²) in [4.78, 5) is 18.4. The van der Waals surface area contributed by atoms with Gasteiger partial charge in [-0.3, -0.25) is 4.79 Å². The molecule has 0 aromatic carbocycles. The third kappa shape index (κ3) is 2.90. The van der Waals surface area contributed by atoms with E-state index in [1.54, 1.807) is 24.5 Å². The molecule has 1 fully saturated rings. The summed E-state index contributed by atoms with van der Waals surface area (Å²) in [5.74, 6) is 1.06. The molecule has 110 valence electrons. The number of hydrogen-bond donors (Lipinski definition) is 0. The first-order chi connectivity index (χ1) is 10.1. The Morgan fingerprint density at radius 1 is 1.43 bits per heavy atom. The van der Waals surface area contributed by atoms with Crippen LogP contribution in [0.1, 0.15) is 35.1 Å². The first-order valence-corrected chi connectivity index (χ1v) is 7.28. The predicted octanol–water partition coefficient (Wildman–Crippen LogP) is 1.88. The van der Waals surface area contributed by atoms with Crippen molar-refractivity contribution in [1.82, 2.24) is 24.6 Å². The van der Waals surface area contributed by atoms with Gasteiger partial charge in [-0.05, 0) is 25.0 Å². The van der Waals surface area contributed by atoms with Crippen molar-refractivity contribution in [3.8, 4) is 0 Å². The molecule has 0 aliphatic carbocycles. The molecule has 0 bridgehead atoms. The van der Waals surface area contributed by atoms with Crippen LogP contribution in [0.5, 0.6) is 0 Å². The smallest absolute Gasteiger partial charge is 0.272 e. The largest absolute Gasteiger partial charge is 0.337 e. The fourth-order valence-corrected chi connectivity index (χ4v) is 2.89. The second-order valence-corrected chi connectivity index (χ2v) is 5.62. The highest BCUT2D eigenvalue weighted by molar-refractivity contribution is 6.29. The molecule has 1 amide bonds. The number of likely N-dealkylation sites (tertiary alicyclic amines) is 1. The number of nitrogens with zero attached hydrogens (tertiary/aromatic N) is 5. The number of rotatable bonds is 2. The van der Waals surface area contributed by atoms with Gasteiger partial charge in [0.25, 0.3) is 5.91 Å². The van der Waals surface area contributed by atoms with E-state index in [-0.39, 0.29) is 11.8 Å². The molecule has 2 aromatic rings. The van der Waals surface area contributed by atoms with Crippen molar-refractivity contribution < 1.29 is 4.79 Å². The molecule has 3 heterocycles. The Balaban J connectivity index is 1.77. The third-order valence-corrected chi connectivity index (χ3v) is 3.96. The van der Waals surface area contributed by atoms with Gasteiger partial charge in [-0.1, -0.05) is 17.7 Å². The predicted molar refractivity (Wildman–Crippen MR) is 78.1 cm³/mol. The number of pyridine rings is 1. The minimum atomic E-state index is -0.0793. The molecule has 1 unspecified atom stereocenters. The fraction of sp³-hybridized carbons (Fsp3) is 0.429. The molecular weight excluding hydrogens is 290 g/mol. The third-order valence-electron chi connectivity index (χ3n) is 3.75. The summed E-state index contributed by atoms with van der Waals surface area (Å²) in [6, 6.07) is 5.10. The highest BCUT2D eigenvalue weighted by Crippen LogP contribution is 2.25. The van der Waals surface area contributed by atoms with Crippen LogP contribution in [0.3, 0.4) is 0 Å². The molecular formula is C14H16ClN5O. The average Bonchev–Trinajstić information content (AvgIpc) is 2.93. The van der Waals surface area contributed by atoms with Gasteiger partial charge in [0.1, 0.15) is 23.0 Å². The second-order valence-electron chi connectivity index (χ2n) is 5.24. The van der Waals surface area contributed by atoms with E-state index in [1.165, 1.54) is 0 Å². The molecule has 6 nitrogen and oxygen atoms in total. The van der Waals surface area contributed by atoms with Crippen molar-refractivity contribution >= 4 is 17.5 Å². The highest BCUT2D eigenvalue weighted by Gasteiger charge is 2.28. The van der Waals surface area contributed by atoms with E-state index in [0.717, 1.165) is 25.2 Å². The lowest BCUT2D eigenvalue weighted by molar-refractivity contribution is 0.0697. The zero-order valence-electron chi connectivity index (χ0n) is 11.7. The van der Waals surface area contributed by atoms with Crippen molar-refractivity contribution in [3.05, 3.63) is 41.2 Å². The van der Waals surface area contributed by atoms with Crippen LogP contribution in [0.25, 0.3) is 0 Å². The summed E-state index contributed by atoms with van der Waals surface area (Å²) in [7, 11) is 1.93. The van der Waals surface area contributed by atoms with Crippen molar-refractivity contribution in [1.29, 1.82) is 0 Å². The average molecular weight is 306 g/mol. The number of amides is 1. The van der Waals surface area contributed by atoms with Crippen molar-refractivity contribution in [2.24, 2.45) is 7.05 Å². The quantitative estimate of drug-likeness (QED) is 0.795. The van der Waals surface area contributed by atoms with Crippen LogP contribution in [-0.2, 0) is 7.05 Å².